The number of hydrogen-bond donors (Lipinski definition) is 0. The van der Waals surface area contributed by atoms with Gasteiger partial charge in [-0.05, 0) is 22.8 Å². The van der Waals surface area contributed by atoms with Crippen molar-refractivity contribution >= 4 is 32.5 Å². The van der Waals surface area contributed by atoms with Crippen LogP contribution in [0.1, 0.15) is 10.4 Å². The molecule has 0 saturated carbocycles. The van der Waals surface area contributed by atoms with Gasteiger partial charge in [0.15, 0.2) is 0 Å². The van der Waals surface area contributed by atoms with E-state index in [-0.39, 0.29) is 10.8 Å². The highest BCUT2D eigenvalue weighted by atomic mass is 35.7. The van der Waals surface area contributed by atoms with Crippen molar-refractivity contribution in [2.24, 2.45) is 0 Å². The Labute approximate surface area is 82.5 Å². The molecule has 13 heavy (non-hydrogen) atoms. The first-order chi connectivity index (χ1) is 6.15. The van der Waals surface area contributed by atoms with Crippen LogP contribution in [0.3, 0.4) is 0 Å². The van der Waals surface area contributed by atoms with Gasteiger partial charge >= 0.3 is 0 Å². The second-order valence-electron chi connectivity index (χ2n) is 2.17. The lowest BCUT2D eigenvalue weighted by Gasteiger charge is -1.94. The van der Waals surface area contributed by atoms with Crippen molar-refractivity contribution in [3.8, 4) is 0 Å². The van der Waals surface area contributed by atoms with Gasteiger partial charge in [0.05, 0.1) is 4.92 Å². The molecule has 1 aromatic rings. The van der Waals surface area contributed by atoms with Crippen LogP contribution < -0.4 is 0 Å². The molecule has 0 amide bonds. The van der Waals surface area contributed by atoms with E-state index in [0.29, 0.717) is 16.5 Å². The SMILES string of the molecule is O=C(SCl)c1ccc([N+](=O)[O-])cc1. The van der Waals surface area contributed by atoms with Crippen LogP contribution in [0, 0.1) is 10.1 Å². The number of nitro benzene ring substituents is 1. The van der Waals surface area contributed by atoms with Crippen LogP contribution >= 0.6 is 21.7 Å². The summed E-state index contributed by atoms with van der Waals surface area (Å²) in [5.74, 6) is 0. The molecule has 4 nitrogen and oxygen atoms in total. The Hall–Kier alpha value is -1.07. The zero-order valence-corrected chi connectivity index (χ0v) is 7.84. The van der Waals surface area contributed by atoms with E-state index in [4.69, 9.17) is 10.7 Å². The number of carbonyl (C=O) groups excluding carboxylic acids is 1. The molecule has 0 aliphatic rings. The molecule has 0 spiro atoms. The minimum Gasteiger partial charge on any atom is -0.280 e. The van der Waals surface area contributed by atoms with Crippen LogP contribution in [0.25, 0.3) is 0 Å². The standard InChI is InChI=1S/C7H4ClNO3S/c8-13-7(10)5-1-3-6(4-2-5)9(11)12/h1-4H. The highest BCUT2D eigenvalue weighted by Gasteiger charge is 2.08. The first kappa shape index (κ1) is 10.0. The first-order valence-corrected chi connectivity index (χ1v) is 4.87. The Bertz CT molecular complexity index is 338. The van der Waals surface area contributed by atoms with Crippen molar-refractivity contribution in [3.05, 3.63) is 39.9 Å². The van der Waals surface area contributed by atoms with Gasteiger partial charge in [-0.3, -0.25) is 14.9 Å². The molecule has 0 saturated heterocycles. The summed E-state index contributed by atoms with van der Waals surface area (Å²) in [6.07, 6.45) is 0. The van der Waals surface area contributed by atoms with Crippen LogP contribution in [0.2, 0.25) is 0 Å². The van der Waals surface area contributed by atoms with Gasteiger partial charge in [0, 0.05) is 28.7 Å². The van der Waals surface area contributed by atoms with E-state index in [1.54, 1.807) is 0 Å². The molecule has 0 aromatic heterocycles. The maximum absolute atomic E-state index is 11.0. The van der Waals surface area contributed by atoms with Crippen molar-refractivity contribution in [3.63, 3.8) is 0 Å². The van der Waals surface area contributed by atoms with E-state index in [1.165, 1.54) is 24.3 Å². The average Bonchev–Trinajstić information content (AvgIpc) is 2.17. The van der Waals surface area contributed by atoms with E-state index in [2.05, 4.69) is 0 Å². The Kier molecular flexibility index (Phi) is 3.27. The highest BCUT2D eigenvalue weighted by Crippen LogP contribution is 2.18. The van der Waals surface area contributed by atoms with Crippen molar-refractivity contribution < 1.29 is 9.72 Å². The van der Waals surface area contributed by atoms with Crippen molar-refractivity contribution in [1.82, 2.24) is 0 Å². The van der Waals surface area contributed by atoms with Gasteiger partial charge in [-0.15, -0.1) is 0 Å². The molecule has 0 heterocycles. The third-order valence-corrected chi connectivity index (χ3v) is 2.18. The fourth-order valence-electron chi connectivity index (χ4n) is 0.764. The summed E-state index contributed by atoms with van der Waals surface area (Å²) in [5, 5.41) is 9.92. The highest BCUT2D eigenvalue weighted by molar-refractivity contribution is 8.33. The number of hydrogen-bond acceptors (Lipinski definition) is 4. The van der Waals surface area contributed by atoms with E-state index in [9.17, 15) is 14.9 Å². The molecule has 0 unspecified atom stereocenters. The van der Waals surface area contributed by atoms with Crippen molar-refractivity contribution in [1.29, 1.82) is 0 Å². The predicted octanol–water partition coefficient (Wildman–Crippen LogP) is 2.62. The summed E-state index contributed by atoms with van der Waals surface area (Å²) in [5.41, 5.74) is 0.307. The fraction of sp³-hybridized carbons (Fsp3) is 0. The number of benzene rings is 1. The number of non-ortho nitro benzene ring substituents is 1. The molecule has 68 valence electrons. The molecule has 0 N–H and O–H groups in total. The Morgan fingerprint density at radius 1 is 1.38 bits per heavy atom. The summed E-state index contributed by atoms with van der Waals surface area (Å²) in [4.78, 5) is 20.7. The number of rotatable bonds is 2. The Morgan fingerprint density at radius 3 is 2.31 bits per heavy atom. The van der Waals surface area contributed by atoms with Gasteiger partial charge < -0.3 is 0 Å². The molecule has 0 atom stereocenters. The number of halogens is 1. The number of nitro groups is 1. The van der Waals surface area contributed by atoms with Gasteiger partial charge in [-0.25, -0.2) is 0 Å². The zero-order chi connectivity index (χ0) is 9.84. The van der Waals surface area contributed by atoms with Gasteiger partial charge in [-0.1, -0.05) is 0 Å². The lowest BCUT2D eigenvalue weighted by molar-refractivity contribution is -0.384. The normalized spacial score (nSPS) is 9.62. The van der Waals surface area contributed by atoms with Gasteiger partial charge in [-0.2, -0.15) is 0 Å². The third-order valence-electron chi connectivity index (χ3n) is 1.38. The average molecular weight is 218 g/mol. The van der Waals surface area contributed by atoms with E-state index >= 15 is 0 Å². The second kappa shape index (κ2) is 4.25. The molecule has 0 radical (unpaired) electrons. The minimum atomic E-state index is -0.526. The Morgan fingerprint density at radius 2 is 1.92 bits per heavy atom. The van der Waals surface area contributed by atoms with E-state index in [0.717, 1.165) is 0 Å². The van der Waals surface area contributed by atoms with Crippen LogP contribution in [0.15, 0.2) is 24.3 Å². The smallest absolute Gasteiger partial charge is 0.269 e. The molecule has 0 aliphatic heterocycles. The Balaban J connectivity index is 2.93. The van der Waals surface area contributed by atoms with E-state index in [1.807, 2.05) is 0 Å². The van der Waals surface area contributed by atoms with Crippen molar-refractivity contribution in [2.75, 3.05) is 0 Å². The summed E-state index contributed by atoms with van der Waals surface area (Å²) in [6.45, 7) is 0. The summed E-state index contributed by atoms with van der Waals surface area (Å²) in [7, 11) is 5.78. The van der Waals surface area contributed by atoms with Gasteiger partial charge in [0.25, 0.3) is 5.69 Å². The minimum absolute atomic E-state index is 0.0453. The maximum atomic E-state index is 11.0. The van der Waals surface area contributed by atoms with Gasteiger partial charge in [0.2, 0.25) is 5.12 Å². The molecule has 1 rings (SSSR count). The lowest BCUT2D eigenvalue weighted by atomic mass is 10.2. The third kappa shape index (κ3) is 2.43. The topological polar surface area (TPSA) is 60.2 Å². The largest absolute Gasteiger partial charge is 0.280 e. The molecule has 1 aromatic carbocycles. The van der Waals surface area contributed by atoms with Gasteiger partial charge in [0.1, 0.15) is 0 Å². The number of nitrogens with zero attached hydrogens (tertiary/aromatic N) is 1. The maximum Gasteiger partial charge on any atom is 0.269 e. The van der Waals surface area contributed by atoms with Crippen LogP contribution in [-0.4, -0.2) is 10.0 Å². The van der Waals surface area contributed by atoms with E-state index < -0.39 is 4.92 Å². The van der Waals surface area contributed by atoms with Crippen LogP contribution in [0.4, 0.5) is 5.69 Å². The summed E-state index contributed by atoms with van der Waals surface area (Å²) < 4.78 is 0. The van der Waals surface area contributed by atoms with Crippen LogP contribution in [0.5, 0.6) is 0 Å². The number of carbonyl (C=O) groups is 1. The molecule has 0 bridgehead atoms. The molecular formula is C7H4ClNO3S. The fourth-order valence-corrected chi connectivity index (χ4v) is 1.26. The first-order valence-electron chi connectivity index (χ1n) is 3.22. The van der Waals surface area contributed by atoms with Crippen LogP contribution in [-0.2, 0) is 0 Å². The summed E-state index contributed by atoms with van der Waals surface area (Å²) in [6, 6.07) is 5.27. The zero-order valence-electron chi connectivity index (χ0n) is 6.27. The quantitative estimate of drug-likeness (QED) is 0.564. The molecular weight excluding hydrogens is 214 g/mol. The van der Waals surface area contributed by atoms with Crippen molar-refractivity contribution in [2.45, 2.75) is 0 Å². The second-order valence-corrected chi connectivity index (χ2v) is 3.16. The predicted molar refractivity (Wildman–Crippen MR) is 50.9 cm³/mol. The lowest BCUT2D eigenvalue weighted by Crippen LogP contribution is -1.92. The molecule has 0 aliphatic carbocycles. The molecule has 6 heteroatoms. The monoisotopic (exact) mass is 217 g/mol. The summed E-state index contributed by atoms with van der Waals surface area (Å²) >= 11 is 0. The molecule has 0 fully saturated rings.